The van der Waals surface area contributed by atoms with Gasteiger partial charge in [-0.1, -0.05) is 24.4 Å². The molecule has 0 aliphatic rings. The number of nitrogens with one attached hydrogen (secondary N) is 1. The Balaban J connectivity index is 2.46. The van der Waals surface area contributed by atoms with Gasteiger partial charge in [-0.3, -0.25) is 14.9 Å². The molecule has 1 aromatic rings. The van der Waals surface area contributed by atoms with Gasteiger partial charge in [-0.05, 0) is 30.9 Å². The Bertz CT molecular complexity index is 500. The van der Waals surface area contributed by atoms with Gasteiger partial charge >= 0.3 is 5.69 Å². The molecule has 0 radical (unpaired) electrons. The van der Waals surface area contributed by atoms with E-state index in [2.05, 4.69) is 16.6 Å². The summed E-state index contributed by atoms with van der Waals surface area (Å²) in [5.41, 5.74) is -0.501. The molecule has 0 aliphatic heterocycles. The van der Waals surface area contributed by atoms with Crippen LogP contribution in [0.1, 0.15) is 36.0 Å². The van der Waals surface area contributed by atoms with Crippen LogP contribution < -0.4 is 5.32 Å². The van der Waals surface area contributed by atoms with Crippen LogP contribution in [0.2, 0.25) is 5.15 Å². The van der Waals surface area contributed by atoms with Gasteiger partial charge in [0.05, 0.1) is 4.92 Å². The minimum atomic E-state index is -0.688. The first-order valence-corrected chi connectivity index (χ1v) is 8.41. The fourth-order valence-corrected chi connectivity index (χ4v) is 2.53. The van der Waals surface area contributed by atoms with Crippen LogP contribution in [-0.4, -0.2) is 34.4 Å². The monoisotopic (exact) mass is 331 g/mol. The van der Waals surface area contributed by atoms with E-state index in [1.54, 1.807) is 0 Å². The van der Waals surface area contributed by atoms with Crippen molar-refractivity contribution in [1.29, 1.82) is 0 Å². The van der Waals surface area contributed by atoms with Crippen LogP contribution >= 0.6 is 23.4 Å². The quantitative estimate of drug-likeness (QED) is 0.325. The highest BCUT2D eigenvalue weighted by molar-refractivity contribution is 7.98. The SMILES string of the molecule is CSCCCCCCNC(=O)c1ccnc(Cl)c1[N+](=O)[O-]. The molecule has 6 nitrogen and oxygen atoms in total. The minimum absolute atomic E-state index is 0.0533. The van der Waals surface area contributed by atoms with Crippen molar-refractivity contribution in [3.05, 3.63) is 33.1 Å². The molecule has 0 saturated carbocycles. The van der Waals surface area contributed by atoms with E-state index in [0.29, 0.717) is 6.54 Å². The highest BCUT2D eigenvalue weighted by Gasteiger charge is 2.24. The van der Waals surface area contributed by atoms with Gasteiger partial charge in [-0.15, -0.1) is 0 Å². The lowest BCUT2D eigenvalue weighted by atomic mass is 10.2. The van der Waals surface area contributed by atoms with E-state index in [1.807, 2.05) is 11.8 Å². The molecule has 1 N–H and O–H groups in total. The maximum atomic E-state index is 12.0. The van der Waals surface area contributed by atoms with Gasteiger partial charge in [-0.2, -0.15) is 11.8 Å². The van der Waals surface area contributed by atoms with E-state index in [1.165, 1.54) is 18.7 Å². The number of pyridine rings is 1. The standard InChI is InChI=1S/C13H18ClN3O3S/c1-21-9-5-3-2-4-7-16-13(18)10-6-8-15-12(14)11(10)17(19)20/h6,8H,2-5,7,9H2,1H3,(H,16,18). The van der Waals surface area contributed by atoms with Crippen LogP contribution in [0.5, 0.6) is 0 Å². The van der Waals surface area contributed by atoms with Gasteiger partial charge < -0.3 is 5.32 Å². The normalized spacial score (nSPS) is 10.4. The lowest BCUT2D eigenvalue weighted by molar-refractivity contribution is -0.385. The largest absolute Gasteiger partial charge is 0.352 e. The molecular formula is C13H18ClN3O3S. The average Bonchev–Trinajstić information content (AvgIpc) is 2.45. The van der Waals surface area contributed by atoms with Crippen molar-refractivity contribution in [3.63, 3.8) is 0 Å². The van der Waals surface area contributed by atoms with E-state index in [4.69, 9.17) is 11.6 Å². The molecule has 1 aromatic heterocycles. The van der Waals surface area contributed by atoms with Crippen LogP contribution in [0.15, 0.2) is 12.3 Å². The predicted molar refractivity (Wildman–Crippen MR) is 85.1 cm³/mol. The summed E-state index contributed by atoms with van der Waals surface area (Å²) in [5.74, 6) is 0.656. The number of unbranched alkanes of at least 4 members (excludes halogenated alkanes) is 3. The molecule has 0 bridgehead atoms. The van der Waals surface area contributed by atoms with Crippen molar-refractivity contribution in [1.82, 2.24) is 10.3 Å². The Kier molecular flexibility index (Phi) is 8.07. The summed E-state index contributed by atoms with van der Waals surface area (Å²) in [6.45, 7) is 0.495. The van der Waals surface area contributed by atoms with E-state index in [-0.39, 0.29) is 10.7 Å². The van der Waals surface area contributed by atoms with Crippen molar-refractivity contribution < 1.29 is 9.72 Å². The maximum absolute atomic E-state index is 12.0. The van der Waals surface area contributed by atoms with Crippen LogP contribution in [0.3, 0.4) is 0 Å². The molecule has 1 rings (SSSR count). The molecule has 1 amide bonds. The van der Waals surface area contributed by atoms with Crippen LogP contribution in [0, 0.1) is 10.1 Å². The maximum Gasteiger partial charge on any atom is 0.319 e. The molecule has 0 fully saturated rings. The topological polar surface area (TPSA) is 85.1 Å². The van der Waals surface area contributed by atoms with Gasteiger partial charge in [0.1, 0.15) is 5.56 Å². The molecular weight excluding hydrogens is 314 g/mol. The molecule has 0 aromatic carbocycles. The van der Waals surface area contributed by atoms with Gasteiger partial charge in [0, 0.05) is 12.7 Å². The van der Waals surface area contributed by atoms with Crippen LogP contribution in [0.25, 0.3) is 0 Å². The smallest absolute Gasteiger partial charge is 0.319 e. The van der Waals surface area contributed by atoms with Gasteiger partial charge in [0.2, 0.25) is 5.15 Å². The van der Waals surface area contributed by atoms with Gasteiger partial charge in [0.25, 0.3) is 5.91 Å². The molecule has 1 heterocycles. The van der Waals surface area contributed by atoms with Gasteiger partial charge in [0.15, 0.2) is 0 Å². The fraction of sp³-hybridized carbons (Fsp3) is 0.538. The van der Waals surface area contributed by atoms with Crippen LogP contribution in [0.4, 0.5) is 5.69 Å². The van der Waals surface area contributed by atoms with Crippen molar-refractivity contribution in [2.24, 2.45) is 0 Å². The molecule has 116 valence electrons. The number of carbonyl (C=O) groups excluding carboxylic acids is 1. The second-order valence-corrected chi connectivity index (χ2v) is 5.76. The number of aromatic nitrogens is 1. The molecule has 0 aliphatic carbocycles. The fourth-order valence-electron chi connectivity index (χ4n) is 1.81. The summed E-state index contributed by atoms with van der Waals surface area (Å²) in [5, 5.41) is 13.3. The zero-order valence-electron chi connectivity index (χ0n) is 11.8. The van der Waals surface area contributed by atoms with E-state index >= 15 is 0 Å². The third-order valence-corrected chi connectivity index (χ3v) is 3.84. The Labute approximate surface area is 132 Å². The molecule has 8 heteroatoms. The molecule has 0 unspecified atom stereocenters. The number of hydrogen-bond donors (Lipinski definition) is 1. The summed E-state index contributed by atoms with van der Waals surface area (Å²) < 4.78 is 0. The van der Waals surface area contributed by atoms with Crippen molar-refractivity contribution in [3.8, 4) is 0 Å². The van der Waals surface area contributed by atoms with Crippen molar-refractivity contribution >= 4 is 35.0 Å². The second-order valence-electron chi connectivity index (χ2n) is 4.42. The third-order valence-electron chi connectivity index (χ3n) is 2.87. The molecule has 21 heavy (non-hydrogen) atoms. The van der Waals surface area contributed by atoms with E-state index < -0.39 is 16.5 Å². The van der Waals surface area contributed by atoms with E-state index in [0.717, 1.165) is 25.0 Å². The zero-order valence-corrected chi connectivity index (χ0v) is 13.4. The zero-order chi connectivity index (χ0) is 15.7. The number of rotatable bonds is 9. The third kappa shape index (κ3) is 5.89. The lowest BCUT2D eigenvalue weighted by Gasteiger charge is -2.06. The average molecular weight is 332 g/mol. The lowest BCUT2D eigenvalue weighted by Crippen LogP contribution is -2.25. The molecule has 0 spiro atoms. The summed E-state index contributed by atoms with van der Waals surface area (Å²) in [6.07, 6.45) is 7.53. The Hall–Kier alpha value is -1.34. The predicted octanol–water partition coefficient (Wildman–Crippen LogP) is 3.30. The molecule has 0 saturated heterocycles. The highest BCUT2D eigenvalue weighted by Crippen LogP contribution is 2.25. The van der Waals surface area contributed by atoms with Crippen molar-refractivity contribution in [2.75, 3.05) is 18.6 Å². The minimum Gasteiger partial charge on any atom is -0.352 e. The Morgan fingerprint density at radius 3 is 2.81 bits per heavy atom. The number of carbonyl (C=O) groups is 1. The molecule has 0 atom stereocenters. The number of hydrogen-bond acceptors (Lipinski definition) is 5. The summed E-state index contributed by atoms with van der Waals surface area (Å²) >= 11 is 7.49. The van der Waals surface area contributed by atoms with Crippen LogP contribution in [-0.2, 0) is 0 Å². The number of nitrogens with zero attached hydrogens (tertiary/aromatic N) is 2. The summed E-state index contributed by atoms with van der Waals surface area (Å²) in [6, 6.07) is 1.30. The summed E-state index contributed by atoms with van der Waals surface area (Å²) in [7, 11) is 0. The van der Waals surface area contributed by atoms with Gasteiger partial charge in [-0.25, -0.2) is 4.98 Å². The number of halogens is 1. The number of nitro groups is 1. The summed E-state index contributed by atoms with van der Waals surface area (Å²) in [4.78, 5) is 25.8. The first-order chi connectivity index (χ1) is 10.1. The van der Waals surface area contributed by atoms with Crippen molar-refractivity contribution in [2.45, 2.75) is 25.7 Å². The first-order valence-electron chi connectivity index (χ1n) is 6.64. The number of amides is 1. The first kappa shape index (κ1) is 17.7. The Morgan fingerprint density at radius 1 is 1.43 bits per heavy atom. The highest BCUT2D eigenvalue weighted by atomic mass is 35.5. The Morgan fingerprint density at radius 2 is 2.14 bits per heavy atom. The second kappa shape index (κ2) is 9.57. The van der Waals surface area contributed by atoms with E-state index in [9.17, 15) is 14.9 Å². The number of thioether (sulfide) groups is 1.